The Labute approximate surface area is 75.0 Å². The number of nitriles is 1. The molecule has 0 saturated heterocycles. The van der Waals surface area contributed by atoms with Gasteiger partial charge in [-0.15, -0.1) is 0 Å². The molecule has 12 heavy (non-hydrogen) atoms. The molecule has 2 nitrogen and oxygen atoms in total. The molecule has 2 atom stereocenters. The molecule has 1 N–H and O–H groups in total. The monoisotopic (exact) mass is 166 g/mol. The zero-order valence-electron chi connectivity index (χ0n) is 7.84. The third kappa shape index (κ3) is 3.73. The van der Waals surface area contributed by atoms with Crippen molar-refractivity contribution in [2.45, 2.75) is 32.6 Å². The van der Waals surface area contributed by atoms with Gasteiger partial charge in [0, 0.05) is 6.42 Å². The molecule has 0 bridgehead atoms. The van der Waals surface area contributed by atoms with Gasteiger partial charge in [-0.1, -0.05) is 6.92 Å². The average Bonchev–Trinajstić information content (AvgIpc) is 2.74. The number of nitrogens with zero attached hydrogens (tertiary/aromatic N) is 1. The van der Waals surface area contributed by atoms with Crippen LogP contribution in [0.2, 0.25) is 0 Å². The van der Waals surface area contributed by atoms with Gasteiger partial charge >= 0.3 is 0 Å². The van der Waals surface area contributed by atoms with Crippen LogP contribution in [0.4, 0.5) is 0 Å². The van der Waals surface area contributed by atoms with E-state index in [0.717, 1.165) is 31.2 Å². The maximum absolute atomic E-state index is 8.29. The highest BCUT2D eigenvalue weighted by atomic mass is 14.9. The first-order valence-corrected chi connectivity index (χ1v) is 4.92. The molecule has 1 fully saturated rings. The lowest BCUT2D eigenvalue weighted by Gasteiger charge is -2.01. The predicted molar refractivity (Wildman–Crippen MR) is 49.6 cm³/mol. The fourth-order valence-corrected chi connectivity index (χ4v) is 1.43. The second-order valence-corrected chi connectivity index (χ2v) is 3.79. The lowest BCUT2D eigenvalue weighted by Crippen LogP contribution is -2.18. The first-order valence-electron chi connectivity index (χ1n) is 4.92. The van der Waals surface area contributed by atoms with Gasteiger partial charge in [-0.05, 0) is 44.2 Å². The van der Waals surface area contributed by atoms with Gasteiger partial charge in [-0.25, -0.2) is 0 Å². The minimum absolute atomic E-state index is 0.710. The van der Waals surface area contributed by atoms with Gasteiger partial charge in [-0.3, -0.25) is 0 Å². The molecular weight excluding hydrogens is 148 g/mol. The summed E-state index contributed by atoms with van der Waals surface area (Å²) in [7, 11) is 0. The van der Waals surface area contributed by atoms with Crippen molar-refractivity contribution in [3.05, 3.63) is 0 Å². The molecule has 0 amide bonds. The highest BCUT2D eigenvalue weighted by molar-refractivity contribution is 4.83. The van der Waals surface area contributed by atoms with Crippen molar-refractivity contribution in [1.29, 1.82) is 5.26 Å². The molecule has 1 saturated carbocycles. The molecule has 68 valence electrons. The topological polar surface area (TPSA) is 35.8 Å². The Hall–Kier alpha value is -0.550. The normalized spacial score (nSPS) is 26.7. The van der Waals surface area contributed by atoms with Gasteiger partial charge in [0.2, 0.25) is 0 Å². The highest BCUT2D eigenvalue weighted by Crippen LogP contribution is 2.36. The number of nitrogens with one attached hydrogen (secondary N) is 1. The van der Waals surface area contributed by atoms with Crippen molar-refractivity contribution >= 4 is 0 Å². The third-order valence-corrected chi connectivity index (χ3v) is 2.57. The molecule has 0 heterocycles. The van der Waals surface area contributed by atoms with Gasteiger partial charge in [0.25, 0.3) is 0 Å². The molecule has 0 aromatic rings. The fourth-order valence-electron chi connectivity index (χ4n) is 1.43. The minimum Gasteiger partial charge on any atom is -0.316 e. The first-order chi connectivity index (χ1) is 5.84. The van der Waals surface area contributed by atoms with Crippen LogP contribution >= 0.6 is 0 Å². The molecule has 0 spiro atoms. The molecule has 2 heteroatoms. The van der Waals surface area contributed by atoms with Crippen molar-refractivity contribution < 1.29 is 0 Å². The molecule has 2 unspecified atom stereocenters. The molecule has 0 aromatic carbocycles. The predicted octanol–water partition coefficient (Wildman–Crippen LogP) is 1.93. The molecule has 1 rings (SSSR count). The molecule has 0 aliphatic heterocycles. The second-order valence-electron chi connectivity index (χ2n) is 3.79. The summed E-state index contributed by atoms with van der Waals surface area (Å²) in [5.41, 5.74) is 0. The smallest absolute Gasteiger partial charge is 0.0621 e. The number of rotatable bonds is 6. The summed E-state index contributed by atoms with van der Waals surface area (Å²) in [6.07, 6.45) is 4.31. The summed E-state index contributed by atoms with van der Waals surface area (Å²) in [6, 6.07) is 2.16. The molecular formula is C10H18N2. The average molecular weight is 166 g/mol. The van der Waals surface area contributed by atoms with Gasteiger partial charge in [0.05, 0.1) is 6.07 Å². The Balaban J connectivity index is 1.75. The molecule has 0 aromatic heterocycles. The van der Waals surface area contributed by atoms with E-state index in [1.807, 2.05) is 0 Å². The lowest BCUT2D eigenvalue weighted by molar-refractivity contribution is 0.583. The lowest BCUT2D eigenvalue weighted by atomic mass is 10.2. The van der Waals surface area contributed by atoms with Crippen LogP contribution in [0.5, 0.6) is 0 Å². The zero-order valence-corrected chi connectivity index (χ0v) is 7.84. The summed E-state index contributed by atoms with van der Waals surface area (Å²) < 4.78 is 0. The van der Waals surface area contributed by atoms with E-state index in [1.54, 1.807) is 0 Å². The molecule has 1 aliphatic rings. The van der Waals surface area contributed by atoms with E-state index in [0.29, 0.717) is 6.42 Å². The van der Waals surface area contributed by atoms with Crippen LogP contribution in [-0.2, 0) is 0 Å². The van der Waals surface area contributed by atoms with E-state index in [1.165, 1.54) is 13.0 Å². The van der Waals surface area contributed by atoms with Crippen LogP contribution in [0.15, 0.2) is 0 Å². The van der Waals surface area contributed by atoms with E-state index < -0.39 is 0 Å². The van der Waals surface area contributed by atoms with Crippen LogP contribution in [0, 0.1) is 23.2 Å². The Morgan fingerprint density at radius 1 is 1.50 bits per heavy atom. The zero-order chi connectivity index (χ0) is 8.81. The number of hydrogen-bond acceptors (Lipinski definition) is 2. The summed E-state index contributed by atoms with van der Waals surface area (Å²) in [6.45, 7) is 4.58. The van der Waals surface area contributed by atoms with Gasteiger partial charge in [0.1, 0.15) is 0 Å². The quantitative estimate of drug-likeness (QED) is 0.612. The van der Waals surface area contributed by atoms with E-state index in [-0.39, 0.29) is 0 Å². The van der Waals surface area contributed by atoms with Gasteiger partial charge in [0.15, 0.2) is 0 Å². The van der Waals surface area contributed by atoms with E-state index in [2.05, 4.69) is 18.3 Å². The van der Waals surface area contributed by atoms with Crippen molar-refractivity contribution in [3.63, 3.8) is 0 Å². The highest BCUT2D eigenvalue weighted by Gasteiger charge is 2.31. The van der Waals surface area contributed by atoms with Crippen molar-refractivity contribution in [3.8, 4) is 6.07 Å². The maximum Gasteiger partial charge on any atom is 0.0621 e. The van der Waals surface area contributed by atoms with Crippen LogP contribution in [0.1, 0.15) is 32.6 Å². The SMILES string of the molecule is CC1CC1CNCCCCC#N. The molecule has 1 aliphatic carbocycles. The Bertz CT molecular complexity index is 160. The number of hydrogen-bond donors (Lipinski definition) is 1. The third-order valence-electron chi connectivity index (χ3n) is 2.57. The first kappa shape index (κ1) is 9.54. The van der Waals surface area contributed by atoms with Gasteiger partial charge in [-0.2, -0.15) is 5.26 Å². The van der Waals surface area contributed by atoms with E-state index in [4.69, 9.17) is 5.26 Å². The standard InChI is InChI=1S/C10H18N2/c1-9-7-10(9)8-12-6-4-2-3-5-11/h9-10,12H,2-4,6-8H2,1H3. The van der Waals surface area contributed by atoms with Crippen LogP contribution in [0.3, 0.4) is 0 Å². The van der Waals surface area contributed by atoms with E-state index >= 15 is 0 Å². The Kier molecular flexibility index (Phi) is 4.10. The summed E-state index contributed by atoms with van der Waals surface area (Å²) in [5.74, 6) is 1.90. The van der Waals surface area contributed by atoms with Crippen molar-refractivity contribution in [1.82, 2.24) is 5.32 Å². The van der Waals surface area contributed by atoms with E-state index in [9.17, 15) is 0 Å². The number of unbranched alkanes of at least 4 members (excludes halogenated alkanes) is 2. The molecule has 0 radical (unpaired) electrons. The minimum atomic E-state index is 0.710. The Morgan fingerprint density at radius 2 is 2.25 bits per heavy atom. The second kappa shape index (κ2) is 5.16. The van der Waals surface area contributed by atoms with Crippen molar-refractivity contribution in [2.24, 2.45) is 11.8 Å². The largest absolute Gasteiger partial charge is 0.316 e. The summed E-state index contributed by atoms with van der Waals surface area (Å²) in [4.78, 5) is 0. The van der Waals surface area contributed by atoms with Crippen LogP contribution in [-0.4, -0.2) is 13.1 Å². The fraction of sp³-hybridized carbons (Fsp3) is 0.900. The summed E-state index contributed by atoms with van der Waals surface area (Å²) in [5, 5.41) is 11.7. The van der Waals surface area contributed by atoms with Crippen LogP contribution in [0.25, 0.3) is 0 Å². The maximum atomic E-state index is 8.29. The van der Waals surface area contributed by atoms with Gasteiger partial charge < -0.3 is 5.32 Å². The summed E-state index contributed by atoms with van der Waals surface area (Å²) >= 11 is 0. The van der Waals surface area contributed by atoms with Crippen molar-refractivity contribution in [2.75, 3.05) is 13.1 Å². The van der Waals surface area contributed by atoms with Crippen LogP contribution < -0.4 is 5.32 Å². The Morgan fingerprint density at radius 3 is 2.83 bits per heavy atom.